The van der Waals surface area contributed by atoms with Crippen LogP contribution in [-0.4, -0.2) is 21.3 Å². The Kier molecular flexibility index (Phi) is 5.08. The zero-order valence-corrected chi connectivity index (χ0v) is 14.0. The summed E-state index contributed by atoms with van der Waals surface area (Å²) in [6.07, 6.45) is 1.59. The van der Waals surface area contributed by atoms with E-state index >= 15 is 0 Å². The van der Waals surface area contributed by atoms with Crippen LogP contribution < -0.4 is 10.6 Å². The summed E-state index contributed by atoms with van der Waals surface area (Å²) >= 11 is 0. The number of carbonyl (C=O) groups excluding carboxylic acids is 1. The van der Waals surface area contributed by atoms with Crippen LogP contribution >= 0.6 is 0 Å². The second kappa shape index (κ2) is 7.61. The van der Waals surface area contributed by atoms with Gasteiger partial charge in [-0.25, -0.2) is 4.79 Å². The number of nitrogens with one attached hydrogen (secondary N) is 2. The molecular weight excluding hydrogens is 322 g/mol. The highest BCUT2D eigenvalue weighted by atomic mass is 16.5. The number of nitrogens with zero attached hydrogens (tertiary/aromatic N) is 3. The van der Waals surface area contributed by atoms with E-state index in [4.69, 9.17) is 9.05 Å². The Morgan fingerprint density at radius 3 is 2.68 bits per heavy atom. The number of amides is 2. The molecule has 2 heterocycles. The number of rotatable bonds is 6. The molecule has 25 heavy (non-hydrogen) atoms. The zero-order chi connectivity index (χ0) is 17.6. The van der Waals surface area contributed by atoms with Crippen molar-refractivity contribution in [2.45, 2.75) is 32.7 Å². The Labute approximate surface area is 144 Å². The van der Waals surface area contributed by atoms with Gasteiger partial charge in [0.15, 0.2) is 5.82 Å². The van der Waals surface area contributed by atoms with Crippen molar-refractivity contribution < 1.29 is 13.8 Å². The molecule has 0 spiro atoms. The van der Waals surface area contributed by atoms with Gasteiger partial charge in [-0.3, -0.25) is 5.32 Å². The number of carbonyl (C=O) groups is 1. The normalized spacial score (nSPS) is 11.9. The van der Waals surface area contributed by atoms with Gasteiger partial charge < -0.3 is 14.4 Å². The summed E-state index contributed by atoms with van der Waals surface area (Å²) in [6.45, 7) is 3.80. The Morgan fingerprint density at radius 2 is 2.00 bits per heavy atom. The van der Waals surface area contributed by atoms with Gasteiger partial charge in [-0.1, -0.05) is 47.6 Å². The summed E-state index contributed by atoms with van der Waals surface area (Å²) in [5.41, 5.74) is 1.52. The van der Waals surface area contributed by atoms with Gasteiger partial charge in [0.05, 0.1) is 5.69 Å². The molecule has 130 valence electrons. The molecule has 2 aromatic heterocycles. The predicted octanol–water partition coefficient (Wildman–Crippen LogP) is 3.23. The van der Waals surface area contributed by atoms with Gasteiger partial charge in [-0.15, -0.1) is 0 Å². The van der Waals surface area contributed by atoms with Gasteiger partial charge in [0.2, 0.25) is 11.8 Å². The topological polar surface area (TPSA) is 106 Å². The molecule has 0 saturated carbocycles. The number of aromatic nitrogens is 3. The number of hydrogen-bond acceptors (Lipinski definition) is 6. The highest BCUT2D eigenvalue weighted by molar-refractivity contribution is 5.88. The van der Waals surface area contributed by atoms with Crippen LogP contribution in [0.25, 0.3) is 0 Å². The van der Waals surface area contributed by atoms with Crippen molar-refractivity contribution in [3.8, 4) is 0 Å². The van der Waals surface area contributed by atoms with Crippen molar-refractivity contribution in [1.29, 1.82) is 0 Å². The Morgan fingerprint density at radius 1 is 1.20 bits per heavy atom. The van der Waals surface area contributed by atoms with Crippen molar-refractivity contribution in [2.24, 2.45) is 0 Å². The molecule has 1 atom stereocenters. The molecule has 0 fully saturated rings. The quantitative estimate of drug-likeness (QED) is 0.713. The van der Waals surface area contributed by atoms with Crippen LogP contribution in [0.15, 0.2) is 45.4 Å². The standard InChI is InChI=1S/C17H19N5O3/c1-3-7-13-18-16(22-24-13)15(12-8-5-4-6-9-12)20-17(23)19-14-10-11(2)21-25-14/h4-6,8-10,15H,3,7H2,1-2H3,(H2,19,20,23). The van der Waals surface area contributed by atoms with E-state index in [1.165, 1.54) is 0 Å². The third-order valence-corrected chi connectivity index (χ3v) is 3.48. The summed E-state index contributed by atoms with van der Waals surface area (Å²) in [6, 6.07) is 10.1. The fourth-order valence-electron chi connectivity index (χ4n) is 2.34. The molecule has 0 aliphatic rings. The first kappa shape index (κ1) is 16.7. The third-order valence-electron chi connectivity index (χ3n) is 3.48. The molecule has 0 aliphatic heterocycles. The third kappa shape index (κ3) is 4.23. The second-order valence-corrected chi connectivity index (χ2v) is 5.57. The van der Waals surface area contributed by atoms with Crippen molar-refractivity contribution in [2.75, 3.05) is 5.32 Å². The zero-order valence-electron chi connectivity index (χ0n) is 14.0. The maximum Gasteiger partial charge on any atom is 0.322 e. The molecular formula is C17H19N5O3. The molecule has 1 unspecified atom stereocenters. The number of urea groups is 1. The molecule has 0 bridgehead atoms. The van der Waals surface area contributed by atoms with Crippen LogP contribution in [0.2, 0.25) is 0 Å². The summed E-state index contributed by atoms with van der Waals surface area (Å²) in [5, 5.41) is 13.2. The SMILES string of the molecule is CCCc1nc(C(NC(=O)Nc2cc(C)no2)c2ccccc2)no1. The molecule has 3 rings (SSSR count). The lowest BCUT2D eigenvalue weighted by atomic mass is 10.1. The van der Waals surface area contributed by atoms with Gasteiger partial charge in [-0.05, 0) is 18.9 Å². The Bertz CT molecular complexity index is 828. The van der Waals surface area contributed by atoms with Gasteiger partial charge in [-0.2, -0.15) is 4.98 Å². The van der Waals surface area contributed by atoms with Gasteiger partial charge in [0.25, 0.3) is 0 Å². The Hall–Kier alpha value is -3.16. The maximum absolute atomic E-state index is 12.3. The molecule has 2 amide bonds. The van der Waals surface area contributed by atoms with Crippen molar-refractivity contribution in [1.82, 2.24) is 20.6 Å². The summed E-state index contributed by atoms with van der Waals surface area (Å²) in [7, 11) is 0. The highest BCUT2D eigenvalue weighted by Crippen LogP contribution is 2.20. The maximum atomic E-state index is 12.3. The van der Waals surface area contributed by atoms with Crippen LogP contribution in [0, 0.1) is 6.92 Å². The van der Waals surface area contributed by atoms with E-state index in [1.54, 1.807) is 13.0 Å². The average Bonchev–Trinajstić information content (AvgIpc) is 3.23. The summed E-state index contributed by atoms with van der Waals surface area (Å²) < 4.78 is 10.2. The van der Waals surface area contributed by atoms with Crippen molar-refractivity contribution >= 4 is 11.9 Å². The summed E-state index contributed by atoms with van der Waals surface area (Å²) in [4.78, 5) is 16.7. The molecule has 1 aromatic carbocycles. The molecule has 8 nitrogen and oxygen atoms in total. The van der Waals surface area contributed by atoms with Crippen molar-refractivity contribution in [3.05, 3.63) is 59.4 Å². The van der Waals surface area contributed by atoms with Crippen LogP contribution in [-0.2, 0) is 6.42 Å². The van der Waals surface area contributed by atoms with E-state index in [-0.39, 0.29) is 5.88 Å². The van der Waals surface area contributed by atoms with Gasteiger partial charge in [0, 0.05) is 12.5 Å². The number of benzene rings is 1. The van der Waals surface area contributed by atoms with E-state index < -0.39 is 12.1 Å². The molecule has 0 saturated heterocycles. The lowest BCUT2D eigenvalue weighted by molar-refractivity contribution is 0.248. The fraction of sp³-hybridized carbons (Fsp3) is 0.294. The molecule has 0 radical (unpaired) electrons. The highest BCUT2D eigenvalue weighted by Gasteiger charge is 2.23. The van der Waals surface area contributed by atoms with Crippen LogP contribution in [0.1, 0.15) is 42.4 Å². The van der Waals surface area contributed by atoms with E-state index in [2.05, 4.69) is 25.9 Å². The number of anilines is 1. The van der Waals surface area contributed by atoms with Crippen LogP contribution in [0.4, 0.5) is 10.7 Å². The smallest absolute Gasteiger partial charge is 0.322 e. The minimum absolute atomic E-state index is 0.265. The van der Waals surface area contributed by atoms with Crippen molar-refractivity contribution in [3.63, 3.8) is 0 Å². The first-order chi connectivity index (χ1) is 12.2. The van der Waals surface area contributed by atoms with E-state index in [1.807, 2.05) is 37.3 Å². The van der Waals surface area contributed by atoms with Gasteiger partial charge in [0.1, 0.15) is 6.04 Å². The molecule has 0 aliphatic carbocycles. The largest absolute Gasteiger partial charge is 0.339 e. The summed E-state index contributed by atoms with van der Waals surface area (Å²) in [5.74, 6) is 1.21. The minimum Gasteiger partial charge on any atom is -0.339 e. The molecule has 3 aromatic rings. The first-order valence-electron chi connectivity index (χ1n) is 8.04. The van der Waals surface area contributed by atoms with E-state index in [0.29, 0.717) is 23.8 Å². The monoisotopic (exact) mass is 341 g/mol. The first-order valence-corrected chi connectivity index (χ1v) is 8.04. The van der Waals surface area contributed by atoms with Gasteiger partial charge >= 0.3 is 6.03 Å². The number of aryl methyl sites for hydroxylation is 2. The predicted molar refractivity (Wildman–Crippen MR) is 90.0 cm³/mol. The average molecular weight is 341 g/mol. The Balaban J connectivity index is 1.79. The number of hydrogen-bond donors (Lipinski definition) is 2. The lowest BCUT2D eigenvalue weighted by Crippen LogP contribution is -2.33. The van der Waals surface area contributed by atoms with Crippen LogP contribution in [0.5, 0.6) is 0 Å². The van der Waals surface area contributed by atoms with Crippen LogP contribution in [0.3, 0.4) is 0 Å². The molecule has 8 heteroatoms. The van der Waals surface area contributed by atoms with E-state index in [9.17, 15) is 4.79 Å². The minimum atomic E-state index is -0.542. The lowest BCUT2D eigenvalue weighted by Gasteiger charge is -2.15. The fourth-order valence-corrected chi connectivity index (χ4v) is 2.34. The van der Waals surface area contributed by atoms with E-state index in [0.717, 1.165) is 12.0 Å². The molecule has 2 N–H and O–H groups in total. The second-order valence-electron chi connectivity index (χ2n) is 5.57.